The maximum Gasteiger partial charge on any atom is 0.179 e. The number of aliphatic hydroxyl groups excluding tert-OH is 1. The van der Waals surface area contributed by atoms with Crippen molar-refractivity contribution in [2.24, 2.45) is 5.41 Å². The zero-order valence-corrected chi connectivity index (χ0v) is 27.9. The molecule has 0 aliphatic carbocycles. The molecule has 236 valence electrons. The third-order valence-electron chi connectivity index (χ3n) is 9.08. The van der Waals surface area contributed by atoms with Gasteiger partial charge in [0, 0.05) is 37.7 Å². The summed E-state index contributed by atoms with van der Waals surface area (Å²) < 4.78 is 34.4. The lowest BCUT2D eigenvalue weighted by atomic mass is 9.68. The average molecular weight is 601 g/mol. The largest absolute Gasteiger partial charge is 0.492 e. The molecular formula is C35H56N2O4S. The van der Waals surface area contributed by atoms with Gasteiger partial charge in [-0.15, -0.1) is 0 Å². The number of unbranched alkanes of at least 4 members (excludes halogenated alkanes) is 4. The molecular weight excluding hydrogens is 544 g/mol. The molecule has 1 heterocycles. The Morgan fingerprint density at radius 3 is 2.21 bits per heavy atom. The van der Waals surface area contributed by atoms with Crippen LogP contribution in [0, 0.1) is 5.41 Å². The topological polar surface area (TPSA) is 70.1 Å². The number of likely N-dealkylation sites (N-methyl/N-ethyl adjacent to an activating group) is 1. The Balaban J connectivity index is 2.05. The number of sulfone groups is 1. The smallest absolute Gasteiger partial charge is 0.179 e. The van der Waals surface area contributed by atoms with Gasteiger partial charge in [0.15, 0.2) is 9.84 Å². The van der Waals surface area contributed by atoms with E-state index >= 15 is 0 Å². The van der Waals surface area contributed by atoms with E-state index in [-0.39, 0.29) is 5.75 Å². The van der Waals surface area contributed by atoms with Gasteiger partial charge in [-0.2, -0.15) is 0 Å². The lowest BCUT2D eigenvalue weighted by Crippen LogP contribution is -2.43. The first-order chi connectivity index (χ1) is 20.1. The van der Waals surface area contributed by atoms with Crippen LogP contribution in [-0.2, 0) is 9.84 Å². The summed E-state index contributed by atoms with van der Waals surface area (Å²) in [6.45, 7) is 12.2. The zero-order valence-electron chi connectivity index (χ0n) is 27.1. The molecule has 0 amide bonds. The normalized spacial score (nSPS) is 19.3. The minimum absolute atomic E-state index is 0.0208. The van der Waals surface area contributed by atoms with Gasteiger partial charge in [0.1, 0.15) is 12.4 Å². The van der Waals surface area contributed by atoms with Crippen molar-refractivity contribution >= 4 is 15.5 Å². The maximum absolute atomic E-state index is 14.1. The predicted octanol–water partition coefficient (Wildman–Crippen LogP) is 7.29. The van der Waals surface area contributed by atoms with Gasteiger partial charge in [-0.3, -0.25) is 0 Å². The fourth-order valence-corrected chi connectivity index (χ4v) is 8.69. The number of fused-ring (bicyclic) bond motifs is 1. The molecule has 0 fully saturated rings. The van der Waals surface area contributed by atoms with Crippen LogP contribution in [0.1, 0.15) is 103 Å². The highest BCUT2D eigenvalue weighted by molar-refractivity contribution is 7.91. The van der Waals surface area contributed by atoms with Crippen LogP contribution >= 0.6 is 0 Å². The Kier molecular flexibility index (Phi) is 13.2. The Morgan fingerprint density at radius 2 is 1.60 bits per heavy atom. The highest BCUT2D eigenvalue weighted by atomic mass is 32.2. The second-order valence-corrected chi connectivity index (χ2v) is 14.4. The minimum Gasteiger partial charge on any atom is -0.492 e. The summed E-state index contributed by atoms with van der Waals surface area (Å²) in [5.41, 5.74) is 1.80. The lowest BCUT2D eigenvalue weighted by molar-refractivity contribution is 0.0126. The van der Waals surface area contributed by atoms with E-state index in [1.54, 1.807) is 6.07 Å². The van der Waals surface area contributed by atoms with Crippen LogP contribution in [0.3, 0.4) is 0 Å². The fourth-order valence-electron chi connectivity index (χ4n) is 6.49. The summed E-state index contributed by atoms with van der Waals surface area (Å²) in [5.74, 6) is 0.262. The molecule has 0 saturated heterocycles. The molecule has 42 heavy (non-hydrogen) atoms. The molecule has 1 aliphatic rings. The first kappa shape index (κ1) is 34.4. The van der Waals surface area contributed by atoms with Crippen molar-refractivity contribution in [3.63, 3.8) is 0 Å². The molecule has 0 aromatic heterocycles. The van der Waals surface area contributed by atoms with Crippen LogP contribution in [0.5, 0.6) is 5.75 Å². The molecule has 2 aromatic carbocycles. The van der Waals surface area contributed by atoms with Crippen LogP contribution in [0.15, 0.2) is 47.4 Å². The van der Waals surface area contributed by atoms with Crippen LogP contribution in [0.2, 0.25) is 0 Å². The number of rotatable bonds is 17. The van der Waals surface area contributed by atoms with E-state index in [0.29, 0.717) is 29.9 Å². The number of benzene rings is 2. The Morgan fingerprint density at radius 1 is 0.905 bits per heavy atom. The van der Waals surface area contributed by atoms with E-state index in [4.69, 9.17) is 4.74 Å². The molecule has 0 saturated carbocycles. The van der Waals surface area contributed by atoms with Crippen molar-refractivity contribution in [3.05, 3.63) is 53.6 Å². The Bertz CT molecular complexity index is 1210. The minimum atomic E-state index is -3.63. The molecule has 6 nitrogen and oxygen atoms in total. The summed E-state index contributed by atoms with van der Waals surface area (Å²) in [6, 6.07) is 13.6. The first-order valence-electron chi connectivity index (χ1n) is 16.3. The molecule has 0 unspecified atom stereocenters. The van der Waals surface area contributed by atoms with Gasteiger partial charge in [0.2, 0.25) is 0 Å². The summed E-state index contributed by atoms with van der Waals surface area (Å²) in [6.07, 6.45) is 7.89. The first-order valence-corrected chi connectivity index (χ1v) is 17.9. The van der Waals surface area contributed by atoms with Gasteiger partial charge in [-0.1, -0.05) is 78.4 Å². The maximum atomic E-state index is 14.1. The van der Waals surface area contributed by atoms with E-state index in [0.717, 1.165) is 62.3 Å². The van der Waals surface area contributed by atoms with E-state index in [1.807, 2.05) is 55.4 Å². The number of anilines is 1. The van der Waals surface area contributed by atoms with Crippen LogP contribution in [0.4, 0.5) is 5.69 Å². The highest BCUT2D eigenvalue weighted by Crippen LogP contribution is 2.50. The number of hydrogen-bond donors (Lipinski definition) is 1. The lowest BCUT2D eigenvalue weighted by Gasteiger charge is -2.40. The Labute approximate surface area is 256 Å². The van der Waals surface area contributed by atoms with Crippen molar-refractivity contribution in [2.45, 2.75) is 102 Å². The highest BCUT2D eigenvalue weighted by Gasteiger charge is 2.49. The molecule has 1 aliphatic heterocycles. The molecule has 2 aromatic rings. The number of hydrogen-bond acceptors (Lipinski definition) is 6. The second-order valence-electron chi connectivity index (χ2n) is 12.4. The van der Waals surface area contributed by atoms with Gasteiger partial charge in [-0.25, -0.2) is 8.42 Å². The summed E-state index contributed by atoms with van der Waals surface area (Å²) in [4.78, 5) is 4.76. The van der Waals surface area contributed by atoms with Crippen molar-refractivity contribution in [1.29, 1.82) is 0 Å². The van der Waals surface area contributed by atoms with E-state index < -0.39 is 27.3 Å². The van der Waals surface area contributed by atoms with Gasteiger partial charge in [0.05, 0.1) is 16.8 Å². The summed E-state index contributed by atoms with van der Waals surface area (Å²) in [7, 11) is 0.294. The van der Waals surface area contributed by atoms with E-state index in [2.05, 4.69) is 32.6 Å². The van der Waals surface area contributed by atoms with Gasteiger partial charge < -0.3 is 19.6 Å². The number of aliphatic hydroxyl groups is 1. The second kappa shape index (κ2) is 16.1. The molecule has 7 heteroatoms. The average Bonchev–Trinajstić information content (AvgIpc) is 3.04. The van der Waals surface area contributed by atoms with Crippen LogP contribution in [-0.4, -0.2) is 70.6 Å². The van der Waals surface area contributed by atoms with Crippen LogP contribution < -0.4 is 9.64 Å². The van der Waals surface area contributed by atoms with Crippen molar-refractivity contribution in [3.8, 4) is 5.75 Å². The third kappa shape index (κ3) is 8.51. The summed E-state index contributed by atoms with van der Waals surface area (Å²) in [5, 5.41) is 12.4. The molecule has 0 bridgehead atoms. The van der Waals surface area contributed by atoms with Crippen LogP contribution in [0.25, 0.3) is 0 Å². The number of ether oxygens (including phenoxy) is 1. The zero-order chi connectivity index (χ0) is 30.8. The molecule has 0 radical (unpaired) electrons. The van der Waals surface area contributed by atoms with Crippen molar-refractivity contribution < 1.29 is 18.3 Å². The molecule has 1 N–H and O–H groups in total. The van der Waals surface area contributed by atoms with Gasteiger partial charge in [0.25, 0.3) is 0 Å². The summed E-state index contributed by atoms with van der Waals surface area (Å²) >= 11 is 0. The predicted molar refractivity (Wildman–Crippen MR) is 176 cm³/mol. The van der Waals surface area contributed by atoms with Crippen molar-refractivity contribution in [1.82, 2.24) is 4.90 Å². The fraction of sp³-hybridized carbons (Fsp3) is 0.657. The SMILES string of the molecule is CCCCCN(CC)CCOc1cccc([C@@H]2c3cc(N(C)C)ccc3S(=O)(=O)CC(CCCC)(CCCC)[C@@H]2O)c1. The molecule has 2 atom stereocenters. The monoisotopic (exact) mass is 600 g/mol. The quantitative estimate of drug-likeness (QED) is 0.192. The van der Waals surface area contributed by atoms with Crippen molar-refractivity contribution in [2.75, 3.05) is 51.0 Å². The third-order valence-corrected chi connectivity index (χ3v) is 11.1. The standard InChI is InChI=1S/C35H56N2O4S/c1-7-11-14-22-37(10-4)23-24-41-30-17-15-16-28(25-30)33-31-26-29(36(5)6)18-19-32(31)42(39,40)27-35(34(33)38,20-12-8-2)21-13-9-3/h15-19,25-26,33-34,38H,7-14,20-24,27H2,1-6H3/t33-,34-/m1/s1. The van der Waals surface area contributed by atoms with E-state index in [1.165, 1.54) is 19.3 Å². The molecule has 3 rings (SSSR count). The Hall–Kier alpha value is -2.09. The van der Waals surface area contributed by atoms with E-state index in [9.17, 15) is 13.5 Å². The molecule has 0 spiro atoms. The van der Waals surface area contributed by atoms with Gasteiger partial charge in [-0.05, 0) is 73.8 Å². The number of nitrogens with zero attached hydrogens (tertiary/aromatic N) is 2. The van der Waals surface area contributed by atoms with Gasteiger partial charge >= 0.3 is 0 Å².